The lowest BCUT2D eigenvalue weighted by Gasteiger charge is -2.16. The monoisotopic (exact) mass is 389 g/mol. The van der Waals surface area contributed by atoms with E-state index in [0.717, 1.165) is 19.3 Å². The zero-order valence-corrected chi connectivity index (χ0v) is 16.5. The highest BCUT2D eigenvalue weighted by Gasteiger charge is 2.22. The third-order valence-corrected chi connectivity index (χ3v) is 5.76. The maximum Gasteiger partial charge on any atom is 0.348 e. The number of nitrogens with one attached hydrogen (secondary N) is 1. The summed E-state index contributed by atoms with van der Waals surface area (Å²) >= 11 is 1.47. The Morgan fingerprint density at radius 2 is 2.04 bits per heavy atom. The normalized spacial score (nSPS) is 15.6. The Kier molecular flexibility index (Phi) is 6.01. The number of hydrogen-bond donors (Lipinski definition) is 1. The average molecular weight is 389 g/mol. The number of aryl methyl sites for hydroxylation is 1. The number of fused-ring (bicyclic) bond motifs is 1. The van der Waals surface area contributed by atoms with Crippen LogP contribution in [0.25, 0.3) is 0 Å². The second-order valence-corrected chi connectivity index (χ2v) is 7.73. The molecule has 1 heterocycles. The Labute approximate surface area is 162 Å². The Hall–Kier alpha value is -2.54. The van der Waals surface area contributed by atoms with Crippen molar-refractivity contribution in [2.45, 2.75) is 26.2 Å². The lowest BCUT2D eigenvalue weighted by molar-refractivity contribution is -0.119. The van der Waals surface area contributed by atoms with Crippen LogP contribution in [0.5, 0.6) is 11.5 Å². The summed E-state index contributed by atoms with van der Waals surface area (Å²) in [6.07, 6.45) is 3.15. The van der Waals surface area contributed by atoms with Crippen molar-refractivity contribution in [3.05, 3.63) is 39.6 Å². The molecule has 2 aromatic rings. The first kappa shape index (κ1) is 19.2. The van der Waals surface area contributed by atoms with Crippen LogP contribution in [0.1, 0.15) is 33.5 Å². The highest BCUT2D eigenvalue weighted by atomic mass is 32.1. The molecule has 27 heavy (non-hydrogen) atoms. The van der Waals surface area contributed by atoms with E-state index in [1.165, 1.54) is 36.0 Å². The van der Waals surface area contributed by atoms with Gasteiger partial charge in [0.2, 0.25) is 0 Å². The summed E-state index contributed by atoms with van der Waals surface area (Å²) < 4.78 is 15.6. The number of thiophene rings is 1. The minimum Gasteiger partial charge on any atom is -0.497 e. The van der Waals surface area contributed by atoms with Crippen LogP contribution in [0.4, 0.5) is 5.69 Å². The van der Waals surface area contributed by atoms with Gasteiger partial charge in [0.15, 0.2) is 6.61 Å². The van der Waals surface area contributed by atoms with Crippen molar-refractivity contribution >= 4 is 28.9 Å². The molecule has 0 fully saturated rings. The molecule has 1 aromatic heterocycles. The van der Waals surface area contributed by atoms with Crippen LogP contribution < -0.4 is 14.8 Å². The van der Waals surface area contributed by atoms with E-state index in [2.05, 4.69) is 12.2 Å². The Balaban J connectivity index is 1.59. The van der Waals surface area contributed by atoms with Gasteiger partial charge in [-0.25, -0.2) is 4.79 Å². The van der Waals surface area contributed by atoms with Crippen molar-refractivity contribution in [2.75, 3.05) is 26.1 Å². The fourth-order valence-corrected chi connectivity index (χ4v) is 4.21. The van der Waals surface area contributed by atoms with Crippen LogP contribution in [0.15, 0.2) is 24.3 Å². The van der Waals surface area contributed by atoms with Gasteiger partial charge >= 0.3 is 5.97 Å². The molecule has 0 saturated heterocycles. The molecule has 0 radical (unpaired) electrons. The number of amides is 1. The number of anilines is 1. The topological polar surface area (TPSA) is 73.9 Å². The Morgan fingerprint density at radius 1 is 1.22 bits per heavy atom. The first-order valence-corrected chi connectivity index (χ1v) is 9.62. The van der Waals surface area contributed by atoms with Crippen LogP contribution in [0.3, 0.4) is 0 Å². The quantitative estimate of drug-likeness (QED) is 0.763. The van der Waals surface area contributed by atoms with Crippen molar-refractivity contribution in [2.24, 2.45) is 5.92 Å². The summed E-state index contributed by atoms with van der Waals surface area (Å²) in [7, 11) is 3.05. The fourth-order valence-electron chi connectivity index (χ4n) is 3.11. The molecule has 3 rings (SSSR count). The molecule has 0 bridgehead atoms. The number of carbonyl (C=O) groups excluding carboxylic acids is 2. The zero-order chi connectivity index (χ0) is 19.4. The molecule has 0 unspecified atom stereocenters. The van der Waals surface area contributed by atoms with Gasteiger partial charge in [0.25, 0.3) is 5.91 Å². The Bertz CT molecular complexity index is 845. The lowest BCUT2D eigenvalue weighted by atomic mass is 9.90. The first-order valence-electron chi connectivity index (χ1n) is 8.80. The van der Waals surface area contributed by atoms with E-state index in [1.807, 2.05) is 6.07 Å². The predicted molar refractivity (Wildman–Crippen MR) is 104 cm³/mol. The van der Waals surface area contributed by atoms with Crippen molar-refractivity contribution < 1.29 is 23.8 Å². The number of hydrogen-bond acceptors (Lipinski definition) is 6. The second-order valence-electron chi connectivity index (χ2n) is 6.60. The number of benzene rings is 1. The van der Waals surface area contributed by atoms with Crippen molar-refractivity contribution in [3.63, 3.8) is 0 Å². The molecule has 1 aliphatic carbocycles. The van der Waals surface area contributed by atoms with E-state index in [0.29, 0.717) is 28.0 Å². The number of esters is 1. The predicted octanol–water partition coefficient (Wildman–Crippen LogP) is 3.69. The van der Waals surface area contributed by atoms with Crippen molar-refractivity contribution in [3.8, 4) is 11.5 Å². The van der Waals surface area contributed by atoms with Crippen LogP contribution in [0, 0.1) is 5.92 Å². The molecule has 1 amide bonds. The van der Waals surface area contributed by atoms with E-state index in [9.17, 15) is 9.59 Å². The number of carbonyl (C=O) groups is 2. The van der Waals surface area contributed by atoms with Gasteiger partial charge in [0, 0.05) is 10.9 Å². The van der Waals surface area contributed by atoms with E-state index in [4.69, 9.17) is 14.2 Å². The van der Waals surface area contributed by atoms with E-state index < -0.39 is 11.9 Å². The molecule has 1 atom stereocenters. The summed E-state index contributed by atoms with van der Waals surface area (Å²) in [6.45, 7) is 1.86. The largest absolute Gasteiger partial charge is 0.497 e. The highest BCUT2D eigenvalue weighted by Crippen LogP contribution is 2.32. The molecule has 1 aromatic carbocycles. The Morgan fingerprint density at radius 3 is 2.78 bits per heavy atom. The minimum atomic E-state index is -0.463. The van der Waals surface area contributed by atoms with Gasteiger partial charge < -0.3 is 19.5 Å². The lowest BCUT2D eigenvalue weighted by Crippen LogP contribution is -2.21. The molecule has 1 N–H and O–H groups in total. The van der Waals surface area contributed by atoms with Gasteiger partial charge in [0.05, 0.1) is 19.9 Å². The SMILES string of the molecule is COc1ccc(OC)c(NC(=O)COC(=O)c2cc3c(s2)CC[C@@H](C)C3)c1. The smallest absolute Gasteiger partial charge is 0.348 e. The summed E-state index contributed by atoms with van der Waals surface area (Å²) in [5.74, 6) is 0.816. The van der Waals surface area contributed by atoms with E-state index >= 15 is 0 Å². The summed E-state index contributed by atoms with van der Waals surface area (Å²) in [6, 6.07) is 6.97. The van der Waals surface area contributed by atoms with Gasteiger partial charge in [0.1, 0.15) is 16.4 Å². The number of rotatable bonds is 6. The van der Waals surface area contributed by atoms with Gasteiger partial charge in [-0.15, -0.1) is 11.3 Å². The average Bonchev–Trinajstić information content (AvgIpc) is 3.09. The third-order valence-electron chi connectivity index (χ3n) is 4.55. The zero-order valence-electron chi connectivity index (χ0n) is 15.7. The molecule has 1 aliphatic rings. The van der Waals surface area contributed by atoms with E-state index in [-0.39, 0.29) is 6.61 Å². The van der Waals surface area contributed by atoms with Crippen LogP contribution in [-0.2, 0) is 22.4 Å². The van der Waals surface area contributed by atoms with E-state index in [1.54, 1.807) is 18.2 Å². The van der Waals surface area contributed by atoms with Gasteiger partial charge in [-0.3, -0.25) is 4.79 Å². The second kappa shape index (κ2) is 8.43. The maximum absolute atomic E-state index is 12.3. The van der Waals surface area contributed by atoms with Crippen molar-refractivity contribution in [1.82, 2.24) is 0 Å². The van der Waals surface area contributed by atoms with Gasteiger partial charge in [-0.05, 0) is 48.9 Å². The van der Waals surface area contributed by atoms with Crippen LogP contribution >= 0.6 is 11.3 Å². The third kappa shape index (κ3) is 4.60. The molecule has 0 aliphatic heterocycles. The molecule has 0 spiro atoms. The molecular formula is C20H23NO5S. The molecule has 0 saturated carbocycles. The summed E-state index contributed by atoms with van der Waals surface area (Å²) in [4.78, 5) is 26.3. The highest BCUT2D eigenvalue weighted by molar-refractivity contribution is 7.14. The van der Waals surface area contributed by atoms with Gasteiger partial charge in [-0.2, -0.15) is 0 Å². The van der Waals surface area contributed by atoms with Crippen molar-refractivity contribution in [1.29, 1.82) is 0 Å². The van der Waals surface area contributed by atoms with Crippen LogP contribution in [-0.4, -0.2) is 32.7 Å². The number of methoxy groups -OCH3 is 2. The molecule has 7 heteroatoms. The summed E-state index contributed by atoms with van der Waals surface area (Å²) in [5.41, 5.74) is 1.69. The molecular weight excluding hydrogens is 366 g/mol. The maximum atomic E-state index is 12.3. The standard InChI is InChI=1S/C20H23NO5S/c1-12-4-7-17-13(8-12)9-18(27-17)20(23)26-11-19(22)21-15-10-14(24-2)5-6-16(15)25-3/h5-6,9-10,12H,4,7-8,11H2,1-3H3,(H,21,22)/t12-/m1/s1. The van der Waals surface area contributed by atoms with Crippen LogP contribution in [0.2, 0.25) is 0 Å². The van der Waals surface area contributed by atoms with Gasteiger partial charge in [-0.1, -0.05) is 6.92 Å². The summed E-state index contributed by atoms with van der Waals surface area (Å²) in [5, 5.41) is 2.68. The minimum absolute atomic E-state index is 0.363. The number of ether oxygens (including phenoxy) is 3. The molecule has 6 nitrogen and oxygen atoms in total. The fraction of sp³-hybridized carbons (Fsp3) is 0.400. The first-order chi connectivity index (χ1) is 13.0. The molecule has 144 valence electrons.